The maximum absolute atomic E-state index is 12.6. The Labute approximate surface area is 147 Å². The van der Waals surface area contributed by atoms with Gasteiger partial charge in [0.25, 0.3) is 5.91 Å². The molecule has 0 saturated carbocycles. The lowest BCUT2D eigenvalue weighted by atomic mass is 10.1. The van der Waals surface area contributed by atoms with Gasteiger partial charge in [-0.15, -0.1) is 0 Å². The molecule has 1 aromatic carbocycles. The number of furan rings is 1. The number of nitrogens with one attached hydrogen (secondary N) is 1. The fourth-order valence-electron chi connectivity index (χ4n) is 2.94. The summed E-state index contributed by atoms with van der Waals surface area (Å²) in [5.74, 6) is 0.174. The molecule has 2 aromatic heterocycles. The number of benzene rings is 1. The number of fused-ring (bicyclic) bond motifs is 1. The van der Waals surface area contributed by atoms with Gasteiger partial charge in [0.05, 0.1) is 11.7 Å². The highest BCUT2D eigenvalue weighted by molar-refractivity contribution is 5.99. The summed E-state index contributed by atoms with van der Waals surface area (Å²) in [6, 6.07) is 11.8. The summed E-state index contributed by atoms with van der Waals surface area (Å²) in [4.78, 5) is 19.1. The standard InChI is InChI=1S/C20H23N3O2/c1-13-8-9-15-14(2)19(25-18(15)11-13)20(24)22-12-17(23(3)4)16-7-5-6-10-21-16/h5-11,17H,12H2,1-4H3,(H,22,24)/t17-/m1/s1. The third-order valence-electron chi connectivity index (χ3n) is 4.41. The van der Waals surface area contributed by atoms with Gasteiger partial charge in [0, 0.05) is 23.7 Å². The van der Waals surface area contributed by atoms with E-state index in [-0.39, 0.29) is 11.9 Å². The number of carbonyl (C=O) groups is 1. The number of carbonyl (C=O) groups excluding carboxylic acids is 1. The Balaban J connectivity index is 1.79. The Hall–Kier alpha value is -2.66. The normalized spacial score (nSPS) is 12.5. The summed E-state index contributed by atoms with van der Waals surface area (Å²) in [7, 11) is 3.95. The number of amides is 1. The molecule has 0 aliphatic carbocycles. The van der Waals surface area contributed by atoms with E-state index in [9.17, 15) is 4.79 Å². The molecule has 1 N–H and O–H groups in total. The smallest absolute Gasteiger partial charge is 0.287 e. The molecule has 2 heterocycles. The summed E-state index contributed by atoms with van der Waals surface area (Å²) in [6.45, 7) is 4.38. The predicted molar refractivity (Wildman–Crippen MR) is 98.7 cm³/mol. The number of pyridine rings is 1. The molecular weight excluding hydrogens is 314 g/mol. The average molecular weight is 337 g/mol. The van der Waals surface area contributed by atoms with Crippen molar-refractivity contribution in [2.75, 3.05) is 20.6 Å². The van der Waals surface area contributed by atoms with Crippen LogP contribution in [-0.4, -0.2) is 36.4 Å². The second-order valence-electron chi connectivity index (χ2n) is 6.50. The van der Waals surface area contributed by atoms with Crippen LogP contribution in [0.3, 0.4) is 0 Å². The van der Waals surface area contributed by atoms with Crippen LogP contribution in [0.15, 0.2) is 47.0 Å². The molecule has 1 amide bonds. The number of rotatable bonds is 5. The quantitative estimate of drug-likeness (QED) is 0.774. The molecule has 3 rings (SSSR count). The Bertz CT molecular complexity index is 885. The topological polar surface area (TPSA) is 58.4 Å². The van der Waals surface area contributed by atoms with E-state index in [1.54, 1.807) is 6.20 Å². The number of nitrogens with zero attached hydrogens (tertiary/aromatic N) is 2. The molecule has 130 valence electrons. The fourth-order valence-corrected chi connectivity index (χ4v) is 2.94. The summed E-state index contributed by atoms with van der Waals surface area (Å²) in [5.41, 5.74) is 3.64. The number of hydrogen-bond acceptors (Lipinski definition) is 4. The molecule has 0 unspecified atom stereocenters. The van der Waals surface area contributed by atoms with Crippen LogP contribution in [0.4, 0.5) is 0 Å². The van der Waals surface area contributed by atoms with Gasteiger partial charge < -0.3 is 9.73 Å². The molecular formula is C20H23N3O2. The van der Waals surface area contributed by atoms with Crippen LogP contribution < -0.4 is 5.32 Å². The van der Waals surface area contributed by atoms with Crippen LogP contribution in [0.2, 0.25) is 0 Å². The third-order valence-corrected chi connectivity index (χ3v) is 4.41. The maximum atomic E-state index is 12.6. The minimum Gasteiger partial charge on any atom is -0.451 e. The first-order chi connectivity index (χ1) is 12.0. The average Bonchev–Trinajstić information content (AvgIpc) is 2.91. The van der Waals surface area contributed by atoms with Crippen LogP contribution in [-0.2, 0) is 0 Å². The van der Waals surface area contributed by atoms with Gasteiger partial charge >= 0.3 is 0 Å². The van der Waals surface area contributed by atoms with Crippen molar-refractivity contribution in [3.05, 3.63) is 65.2 Å². The molecule has 0 saturated heterocycles. The minimum atomic E-state index is -0.200. The van der Waals surface area contributed by atoms with Crippen LogP contribution in [0.25, 0.3) is 11.0 Å². The van der Waals surface area contributed by atoms with Crippen LogP contribution in [0.5, 0.6) is 0 Å². The lowest BCUT2D eigenvalue weighted by molar-refractivity contribution is 0.0915. The van der Waals surface area contributed by atoms with Crippen molar-refractivity contribution in [1.29, 1.82) is 0 Å². The summed E-state index contributed by atoms with van der Waals surface area (Å²) >= 11 is 0. The van der Waals surface area contributed by atoms with E-state index in [4.69, 9.17) is 4.42 Å². The van der Waals surface area contributed by atoms with Gasteiger partial charge in [0.1, 0.15) is 5.58 Å². The van der Waals surface area contributed by atoms with E-state index < -0.39 is 0 Å². The molecule has 0 aliphatic rings. The van der Waals surface area contributed by atoms with Crippen molar-refractivity contribution >= 4 is 16.9 Å². The molecule has 0 fully saturated rings. The van der Waals surface area contributed by atoms with Crippen LogP contribution in [0.1, 0.15) is 33.4 Å². The monoisotopic (exact) mass is 337 g/mol. The Morgan fingerprint density at radius 1 is 1.24 bits per heavy atom. The van der Waals surface area contributed by atoms with Crippen molar-refractivity contribution in [2.24, 2.45) is 0 Å². The lowest BCUT2D eigenvalue weighted by Crippen LogP contribution is -2.35. The summed E-state index contributed by atoms with van der Waals surface area (Å²) < 4.78 is 5.80. The van der Waals surface area contributed by atoms with E-state index >= 15 is 0 Å². The summed E-state index contributed by atoms with van der Waals surface area (Å²) in [6.07, 6.45) is 1.76. The minimum absolute atomic E-state index is 0.00270. The van der Waals surface area contributed by atoms with Gasteiger partial charge in [0.2, 0.25) is 0 Å². The number of aromatic nitrogens is 1. The summed E-state index contributed by atoms with van der Waals surface area (Å²) in [5, 5.41) is 3.96. The van der Waals surface area contributed by atoms with Crippen molar-refractivity contribution in [3.8, 4) is 0 Å². The molecule has 25 heavy (non-hydrogen) atoms. The first-order valence-corrected chi connectivity index (χ1v) is 8.32. The van der Waals surface area contributed by atoms with Gasteiger partial charge in [0.15, 0.2) is 5.76 Å². The SMILES string of the molecule is Cc1ccc2c(C)c(C(=O)NC[C@H](c3ccccn3)N(C)C)oc2c1. The largest absolute Gasteiger partial charge is 0.451 e. The third kappa shape index (κ3) is 3.56. The van der Waals surface area contributed by atoms with Crippen molar-refractivity contribution in [3.63, 3.8) is 0 Å². The molecule has 0 bridgehead atoms. The Morgan fingerprint density at radius 2 is 2.04 bits per heavy atom. The molecule has 5 heteroatoms. The zero-order chi connectivity index (χ0) is 18.0. The highest BCUT2D eigenvalue weighted by Crippen LogP contribution is 2.26. The molecule has 0 radical (unpaired) electrons. The molecule has 0 aliphatic heterocycles. The van der Waals surface area contributed by atoms with Crippen molar-refractivity contribution in [1.82, 2.24) is 15.2 Å². The second-order valence-corrected chi connectivity index (χ2v) is 6.50. The van der Waals surface area contributed by atoms with Gasteiger partial charge in [-0.25, -0.2) is 0 Å². The zero-order valence-electron chi connectivity index (χ0n) is 15.0. The first-order valence-electron chi connectivity index (χ1n) is 8.32. The first kappa shape index (κ1) is 17.2. The Kier molecular flexibility index (Phi) is 4.86. The van der Waals surface area contributed by atoms with E-state index in [1.165, 1.54) is 0 Å². The zero-order valence-corrected chi connectivity index (χ0v) is 15.0. The van der Waals surface area contributed by atoms with Crippen LogP contribution in [0, 0.1) is 13.8 Å². The van der Waals surface area contributed by atoms with Gasteiger partial charge in [-0.3, -0.25) is 14.7 Å². The van der Waals surface area contributed by atoms with Crippen molar-refractivity contribution < 1.29 is 9.21 Å². The molecule has 3 aromatic rings. The fraction of sp³-hybridized carbons (Fsp3) is 0.300. The van der Waals surface area contributed by atoms with Gasteiger partial charge in [-0.1, -0.05) is 18.2 Å². The van der Waals surface area contributed by atoms with Crippen LogP contribution >= 0.6 is 0 Å². The maximum Gasteiger partial charge on any atom is 0.287 e. The molecule has 5 nitrogen and oxygen atoms in total. The van der Waals surface area contributed by atoms with E-state index in [1.807, 2.05) is 69.2 Å². The van der Waals surface area contributed by atoms with E-state index in [0.717, 1.165) is 27.8 Å². The number of hydrogen-bond donors (Lipinski definition) is 1. The van der Waals surface area contributed by atoms with E-state index in [2.05, 4.69) is 10.3 Å². The molecule has 1 atom stereocenters. The number of likely N-dealkylation sites (N-methyl/N-ethyl adjacent to an activating group) is 1. The van der Waals surface area contributed by atoms with Gasteiger partial charge in [-0.2, -0.15) is 0 Å². The second kappa shape index (κ2) is 7.07. The number of aryl methyl sites for hydroxylation is 2. The van der Waals surface area contributed by atoms with Crippen molar-refractivity contribution in [2.45, 2.75) is 19.9 Å². The highest BCUT2D eigenvalue weighted by atomic mass is 16.3. The lowest BCUT2D eigenvalue weighted by Gasteiger charge is -2.23. The van der Waals surface area contributed by atoms with E-state index in [0.29, 0.717) is 12.3 Å². The molecule has 0 spiro atoms. The predicted octanol–water partition coefficient (Wildman–Crippen LogP) is 3.48. The van der Waals surface area contributed by atoms with Gasteiger partial charge in [-0.05, 0) is 51.7 Å². The highest BCUT2D eigenvalue weighted by Gasteiger charge is 2.21. The Morgan fingerprint density at radius 3 is 2.72 bits per heavy atom.